The van der Waals surface area contributed by atoms with Crippen molar-refractivity contribution in [1.82, 2.24) is 25.1 Å². The highest BCUT2D eigenvalue weighted by Crippen LogP contribution is 2.26. The molecule has 4 heterocycles. The number of pyridine rings is 2. The molecule has 0 fully saturated rings. The number of nitrogens with two attached hydrogens (primary N) is 1. The minimum absolute atomic E-state index is 0.413. The number of nitrogens with one attached hydrogen (secondary N) is 2. The van der Waals surface area contributed by atoms with E-state index in [1.165, 1.54) is 0 Å². The molecule has 0 saturated carbocycles. The van der Waals surface area contributed by atoms with Crippen LogP contribution in [0.25, 0.3) is 17.1 Å². The third-order valence-electron chi connectivity index (χ3n) is 4.30. The Kier molecular flexibility index (Phi) is 4.46. The van der Waals surface area contributed by atoms with Gasteiger partial charge in [-0.3, -0.25) is 25.2 Å². The van der Waals surface area contributed by atoms with E-state index in [4.69, 9.17) is 5.73 Å². The number of hydrogen-bond donors (Lipinski definition) is 3. The first-order chi connectivity index (χ1) is 13.5. The van der Waals surface area contributed by atoms with Gasteiger partial charge in [0.25, 0.3) is 5.91 Å². The highest BCUT2D eigenvalue weighted by atomic mass is 16.2. The first-order valence-electron chi connectivity index (χ1n) is 8.69. The van der Waals surface area contributed by atoms with Crippen molar-refractivity contribution in [3.8, 4) is 11.4 Å². The van der Waals surface area contributed by atoms with Gasteiger partial charge in [0.1, 0.15) is 5.69 Å². The first-order valence-corrected chi connectivity index (χ1v) is 8.69. The fraction of sp³-hybridized carbons (Fsp3) is 0.100. The summed E-state index contributed by atoms with van der Waals surface area (Å²) >= 11 is 0. The Labute approximate surface area is 161 Å². The molecule has 3 aromatic heterocycles. The lowest BCUT2D eigenvalue weighted by Gasteiger charge is -2.30. The second kappa shape index (κ2) is 7.09. The second-order valence-corrected chi connectivity index (χ2v) is 6.41. The molecule has 8 heteroatoms. The molecule has 0 spiro atoms. The normalized spacial score (nSPS) is 18.3. The van der Waals surface area contributed by atoms with E-state index in [9.17, 15) is 4.79 Å². The molecule has 1 aliphatic rings. The number of allylic oxidation sites excluding steroid dienone is 2. The number of amides is 1. The molecule has 1 amide bonds. The van der Waals surface area contributed by atoms with E-state index in [-0.39, 0.29) is 0 Å². The molecule has 0 bridgehead atoms. The molecule has 0 saturated heterocycles. The molecule has 1 unspecified atom stereocenters. The largest absolute Gasteiger partial charge is 0.356 e. The predicted octanol–water partition coefficient (Wildman–Crippen LogP) is 1.67. The standard InChI is InChI=1S/C20H19N7O/c1-27-13-17(18(26-27)16-7-2-3-11-23-16)24-19(28)20(21)9-4-8-15(25-20)14-6-5-10-22-12-14/h2-13,25H,21H2,1H3,(H,24,28). The van der Waals surface area contributed by atoms with Gasteiger partial charge in [-0.25, -0.2) is 0 Å². The molecular weight excluding hydrogens is 354 g/mol. The number of rotatable bonds is 4. The number of carbonyl (C=O) groups is 1. The van der Waals surface area contributed by atoms with Crippen LogP contribution < -0.4 is 16.4 Å². The summed E-state index contributed by atoms with van der Waals surface area (Å²) in [6.07, 6.45) is 12.0. The average molecular weight is 373 g/mol. The molecule has 140 valence electrons. The summed E-state index contributed by atoms with van der Waals surface area (Å²) in [5.74, 6) is -0.413. The zero-order valence-corrected chi connectivity index (χ0v) is 15.2. The Hall–Kier alpha value is -3.78. The molecule has 28 heavy (non-hydrogen) atoms. The van der Waals surface area contributed by atoms with Crippen LogP contribution in [0.2, 0.25) is 0 Å². The molecule has 8 nitrogen and oxygen atoms in total. The highest BCUT2D eigenvalue weighted by Gasteiger charge is 2.34. The number of dihydropyridines is 1. The second-order valence-electron chi connectivity index (χ2n) is 6.41. The van der Waals surface area contributed by atoms with Gasteiger partial charge in [-0.2, -0.15) is 5.10 Å². The minimum atomic E-state index is -1.42. The lowest BCUT2D eigenvalue weighted by atomic mass is 10.0. The van der Waals surface area contributed by atoms with Gasteiger partial charge in [0.05, 0.1) is 11.4 Å². The van der Waals surface area contributed by atoms with Crippen LogP contribution in [-0.2, 0) is 11.8 Å². The quantitative estimate of drug-likeness (QED) is 0.642. The Bertz CT molecular complexity index is 1060. The van der Waals surface area contributed by atoms with Crippen LogP contribution in [0.15, 0.2) is 73.3 Å². The molecule has 0 aromatic carbocycles. The van der Waals surface area contributed by atoms with Gasteiger partial charge < -0.3 is 10.6 Å². The van der Waals surface area contributed by atoms with Gasteiger partial charge in [0, 0.05) is 43.1 Å². The van der Waals surface area contributed by atoms with E-state index in [0.29, 0.717) is 22.8 Å². The summed E-state index contributed by atoms with van der Waals surface area (Å²) in [5, 5.41) is 10.4. The molecule has 0 aliphatic carbocycles. The van der Waals surface area contributed by atoms with Gasteiger partial charge in [-0.1, -0.05) is 12.1 Å². The summed E-state index contributed by atoms with van der Waals surface area (Å²) < 4.78 is 1.62. The number of nitrogens with zero attached hydrogens (tertiary/aromatic N) is 4. The number of carbonyl (C=O) groups excluding carboxylic acids is 1. The molecule has 1 aliphatic heterocycles. The van der Waals surface area contributed by atoms with Gasteiger partial charge in [0.15, 0.2) is 5.66 Å². The fourth-order valence-corrected chi connectivity index (χ4v) is 2.92. The first kappa shape index (κ1) is 17.6. The van der Waals surface area contributed by atoms with Crippen LogP contribution in [0, 0.1) is 0 Å². The van der Waals surface area contributed by atoms with Gasteiger partial charge >= 0.3 is 0 Å². The van der Waals surface area contributed by atoms with Gasteiger partial charge in [-0.15, -0.1) is 0 Å². The van der Waals surface area contributed by atoms with Crippen LogP contribution in [0.4, 0.5) is 5.69 Å². The number of aryl methyl sites for hydroxylation is 1. The van der Waals surface area contributed by atoms with E-state index >= 15 is 0 Å². The van der Waals surface area contributed by atoms with Gasteiger partial charge in [0.2, 0.25) is 0 Å². The SMILES string of the molecule is Cn1cc(NC(=O)C2(N)C=CC=C(c3cccnc3)N2)c(-c2ccccn2)n1. The molecular formula is C20H19N7O. The van der Waals surface area contributed by atoms with Crippen LogP contribution in [0.3, 0.4) is 0 Å². The molecule has 3 aromatic rings. The van der Waals surface area contributed by atoms with Crippen LogP contribution in [0.1, 0.15) is 5.56 Å². The minimum Gasteiger partial charge on any atom is -0.356 e. The average Bonchev–Trinajstić information content (AvgIpc) is 3.09. The Morgan fingerprint density at radius 1 is 1.25 bits per heavy atom. The highest BCUT2D eigenvalue weighted by molar-refractivity contribution is 6.02. The van der Waals surface area contributed by atoms with Crippen LogP contribution in [-0.4, -0.2) is 31.3 Å². The maximum Gasteiger partial charge on any atom is 0.269 e. The summed E-state index contributed by atoms with van der Waals surface area (Å²) in [6.45, 7) is 0. The maximum absolute atomic E-state index is 13.0. The molecule has 4 N–H and O–H groups in total. The van der Waals surface area contributed by atoms with Crippen molar-refractivity contribution in [3.05, 3.63) is 78.9 Å². The fourth-order valence-electron chi connectivity index (χ4n) is 2.92. The van der Waals surface area contributed by atoms with Gasteiger partial charge in [-0.05, 0) is 36.4 Å². The monoisotopic (exact) mass is 373 g/mol. The van der Waals surface area contributed by atoms with E-state index < -0.39 is 11.6 Å². The summed E-state index contributed by atoms with van der Waals surface area (Å²) in [7, 11) is 1.78. The van der Waals surface area contributed by atoms with Crippen LogP contribution >= 0.6 is 0 Å². The van der Waals surface area contributed by atoms with Crippen molar-refractivity contribution in [2.45, 2.75) is 5.66 Å². The third-order valence-corrected chi connectivity index (χ3v) is 4.30. The molecule has 0 radical (unpaired) electrons. The predicted molar refractivity (Wildman–Crippen MR) is 106 cm³/mol. The summed E-state index contributed by atoms with van der Waals surface area (Å²) in [5.41, 5.74) is 8.25. The van der Waals surface area contributed by atoms with E-state index in [2.05, 4.69) is 25.7 Å². The van der Waals surface area contributed by atoms with E-state index in [1.807, 2.05) is 36.4 Å². The zero-order valence-electron chi connectivity index (χ0n) is 15.2. The third kappa shape index (κ3) is 3.40. The maximum atomic E-state index is 13.0. The Morgan fingerprint density at radius 2 is 2.14 bits per heavy atom. The van der Waals surface area contributed by atoms with Crippen molar-refractivity contribution in [1.29, 1.82) is 0 Å². The van der Waals surface area contributed by atoms with Crippen molar-refractivity contribution in [2.24, 2.45) is 12.8 Å². The number of aromatic nitrogens is 4. The van der Waals surface area contributed by atoms with E-state index in [1.54, 1.807) is 48.7 Å². The lowest BCUT2D eigenvalue weighted by molar-refractivity contribution is -0.120. The smallest absolute Gasteiger partial charge is 0.269 e. The van der Waals surface area contributed by atoms with Crippen LogP contribution in [0.5, 0.6) is 0 Å². The summed E-state index contributed by atoms with van der Waals surface area (Å²) in [6, 6.07) is 9.23. The van der Waals surface area contributed by atoms with Crippen molar-refractivity contribution < 1.29 is 4.79 Å². The van der Waals surface area contributed by atoms with Crippen molar-refractivity contribution in [2.75, 3.05) is 5.32 Å². The number of anilines is 1. The molecule has 1 atom stereocenters. The van der Waals surface area contributed by atoms with Crippen molar-refractivity contribution in [3.63, 3.8) is 0 Å². The lowest BCUT2D eigenvalue weighted by Crippen LogP contribution is -2.60. The number of hydrogen-bond acceptors (Lipinski definition) is 6. The Morgan fingerprint density at radius 3 is 2.89 bits per heavy atom. The van der Waals surface area contributed by atoms with Crippen molar-refractivity contribution >= 4 is 17.3 Å². The van der Waals surface area contributed by atoms with E-state index in [0.717, 1.165) is 5.56 Å². The molecule has 4 rings (SSSR count). The topological polar surface area (TPSA) is 111 Å². The Balaban J connectivity index is 1.58. The zero-order chi connectivity index (χ0) is 19.6. The summed E-state index contributed by atoms with van der Waals surface area (Å²) in [4.78, 5) is 21.4.